The first-order valence-electron chi connectivity index (χ1n) is 11.8. The summed E-state index contributed by atoms with van der Waals surface area (Å²) in [6, 6.07) is 18.5. The van der Waals surface area contributed by atoms with Gasteiger partial charge in [-0.2, -0.15) is 11.3 Å². The molecule has 1 N–H and O–H groups in total. The largest absolute Gasteiger partial charge is 0.479 e. The smallest absolute Gasteiger partial charge is 0.331 e. The van der Waals surface area contributed by atoms with Gasteiger partial charge in [-0.25, -0.2) is 4.79 Å². The number of aliphatic carboxylic acids is 1. The molecule has 2 saturated carbocycles. The molecular formula is C28H23NO3S2. The molecule has 0 bridgehead atoms. The number of benzene rings is 2. The lowest BCUT2D eigenvalue weighted by Crippen LogP contribution is -2.61. The van der Waals surface area contributed by atoms with Gasteiger partial charge in [-0.3, -0.25) is 9.36 Å². The minimum Gasteiger partial charge on any atom is -0.479 e. The van der Waals surface area contributed by atoms with E-state index in [0.717, 1.165) is 23.4 Å². The van der Waals surface area contributed by atoms with Crippen molar-refractivity contribution in [3.63, 3.8) is 0 Å². The molecule has 2 aromatic carbocycles. The van der Waals surface area contributed by atoms with Gasteiger partial charge >= 0.3 is 5.97 Å². The Hall–Kier alpha value is -2.83. The first-order valence-corrected chi connectivity index (χ1v) is 13.6. The number of hydrogen-bond acceptors (Lipinski definition) is 4. The van der Waals surface area contributed by atoms with Crippen molar-refractivity contribution in [3.05, 3.63) is 98.0 Å². The minimum atomic E-state index is -1.13. The van der Waals surface area contributed by atoms with Crippen LogP contribution in [0.5, 0.6) is 0 Å². The van der Waals surface area contributed by atoms with Gasteiger partial charge in [-0.05, 0) is 81.5 Å². The number of carbonyl (C=O) groups is 1. The van der Waals surface area contributed by atoms with Gasteiger partial charge in [-0.1, -0.05) is 42.5 Å². The van der Waals surface area contributed by atoms with E-state index in [1.54, 1.807) is 33.7 Å². The molecule has 4 aromatic rings. The zero-order valence-electron chi connectivity index (χ0n) is 18.4. The van der Waals surface area contributed by atoms with E-state index >= 15 is 0 Å². The predicted molar refractivity (Wildman–Crippen MR) is 136 cm³/mol. The lowest BCUT2D eigenvalue weighted by atomic mass is 9.65. The highest BCUT2D eigenvalue weighted by atomic mass is 32.2. The Morgan fingerprint density at radius 3 is 2.68 bits per heavy atom. The van der Waals surface area contributed by atoms with Gasteiger partial charge in [0.25, 0.3) is 5.56 Å². The maximum atomic E-state index is 13.6. The van der Waals surface area contributed by atoms with E-state index in [1.807, 2.05) is 11.4 Å². The molecule has 34 heavy (non-hydrogen) atoms. The molecule has 4 nitrogen and oxygen atoms in total. The summed E-state index contributed by atoms with van der Waals surface area (Å²) >= 11 is 3.29. The summed E-state index contributed by atoms with van der Waals surface area (Å²) in [5, 5.41) is 17.7. The lowest BCUT2D eigenvalue weighted by molar-refractivity contribution is -0.153. The van der Waals surface area contributed by atoms with Crippen molar-refractivity contribution in [2.45, 2.75) is 53.3 Å². The van der Waals surface area contributed by atoms with Crippen LogP contribution in [0, 0.1) is 0 Å². The number of hydrogen-bond donors (Lipinski definition) is 1. The van der Waals surface area contributed by atoms with Crippen molar-refractivity contribution in [1.82, 2.24) is 4.57 Å². The van der Waals surface area contributed by atoms with Gasteiger partial charge < -0.3 is 5.11 Å². The number of thiophene rings is 1. The van der Waals surface area contributed by atoms with E-state index in [9.17, 15) is 14.7 Å². The molecule has 0 spiro atoms. The van der Waals surface area contributed by atoms with Crippen LogP contribution < -0.4 is 5.56 Å². The molecule has 3 aliphatic rings. The Morgan fingerprint density at radius 1 is 1.09 bits per heavy atom. The molecule has 0 saturated heterocycles. The third-order valence-corrected chi connectivity index (χ3v) is 10.2. The van der Waals surface area contributed by atoms with Crippen LogP contribution in [0.3, 0.4) is 0 Å². The van der Waals surface area contributed by atoms with Gasteiger partial charge in [0, 0.05) is 12.0 Å². The van der Waals surface area contributed by atoms with Crippen molar-refractivity contribution in [3.8, 4) is 0 Å². The van der Waals surface area contributed by atoms with E-state index in [0.29, 0.717) is 18.8 Å². The highest BCUT2D eigenvalue weighted by Crippen LogP contribution is 2.64. The summed E-state index contributed by atoms with van der Waals surface area (Å²) in [5.74, 6) is -0.289. The van der Waals surface area contributed by atoms with Crippen LogP contribution in [0.1, 0.15) is 53.4 Å². The number of pyridine rings is 1. The number of rotatable bonds is 5. The maximum absolute atomic E-state index is 13.6. The van der Waals surface area contributed by atoms with Crippen molar-refractivity contribution in [2.24, 2.45) is 0 Å². The highest BCUT2D eigenvalue weighted by molar-refractivity contribution is 8.00. The Labute approximate surface area is 205 Å². The lowest BCUT2D eigenvalue weighted by Gasteiger charge is -2.47. The fraction of sp³-hybridized carbons (Fsp3) is 0.286. The Kier molecular flexibility index (Phi) is 4.43. The third-order valence-electron chi connectivity index (χ3n) is 7.89. The predicted octanol–water partition coefficient (Wildman–Crippen LogP) is 5.97. The monoisotopic (exact) mass is 485 g/mol. The highest BCUT2D eigenvalue weighted by Gasteiger charge is 2.66. The Bertz CT molecular complexity index is 1510. The van der Waals surface area contributed by atoms with E-state index < -0.39 is 11.5 Å². The minimum absolute atomic E-state index is 0.141. The summed E-state index contributed by atoms with van der Waals surface area (Å²) in [4.78, 5) is 26.2. The van der Waals surface area contributed by atoms with Crippen LogP contribution in [0.25, 0.3) is 10.8 Å². The van der Waals surface area contributed by atoms with Gasteiger partial charge in [0.05, 0.1) is 10.3 Å². The van der Waals surface area contributed by atoms with Crippen LogP contribution in [0.2, 0.25) is 0 Å². The van der Waals surface area contributed by atoms with Crippen LogP contribution in [0.4, 0.5) is 0 Å². The molecule has 2 unspecified atom stereocenters. The van der Waals surface area contributed by atoms with Crippen LogP contribution in [-0.2, 0) is 16.8 Å². The van der Waals surface area contributed by atoms with Gasteiger partial charge in [0.15, 0.2) is 5.54 Å². The Balaban J connectivity index is 1.38. The maximum Gasteiger partial charge on any atom is 0.331 e. The molecule has 170 valence electrons. The molecular weight excluding hydrogens is 462 g/mol. The van der Waals surface area contributed by atoms with E-state index in [1.165, 1.54) is 27.5 Å². The normalized spacial score (nSPS) is 25.1. The standard InChI is InChI=1S/C28H23NO3S2/c30-23-13-20(12-18-6-3-5-16-4-1-2-7-21(16)18)24(17-8-9-17)26-29(23)28(27(31)32)14-22(25(28)34-26)19-10-11-33-15-19/h1-7,10-11,13,15,17,22,25H,8-9,12,14H2,(H,31,32)/t22-,25?,28?/m1/s1. The fourth-order valence-electron chi connectivity index (χ4n) is 6.08. The van der Waals surface area contributed by atoms with Gasteiger partial charge in [0.1, 0.15) is 0 Å². The average molecular weight is 486 g/mol. The van der Waals surface area contributed by atoms with Gasteiger partial charge in [-0.15, -0.1) is 11.8 Å². The zero-order chi connectivity index (χ0) is 23.0. The summed E-state index contributed by atoms with van der Waals surface area (Å²) < 4.78 is 1.66. The molecule has 3 heterocycles. The number of thioether (sulfide) groups is 1. The second-order valence-corrected chi connectivity index (χ2v) is 11.7. The van der Waals surface area contributed by atoms with E-state index in [-0.39, 0.29) is 16.7 Å². The van der Waals surface area contributed by atoms with Crippen molar-refractivity contribution in [2.75, 3.05) is 0 Å². The number of carboxylic acid groups (broad SMARTS) is 1. The summed E-state index contributed by atoms with van der Waals surface area (Å²) in [6.07, 6.45) is 3.38. The molecule has 0 radical (unpaired) electrons. The number of fused-ring (bicyclic) bond motifs is 4. The third kappa shape index (κ3) is 2.78. The SMILES string of the molecule is O=C(O)C12C[C@H](c3ccsc3)C1Sc1c(C3CC3)c(Cc3cccc4ccccc34)cc(=O)n12. The molecule has 7 rings (SSSR count). The summed E-state index contributed by atoms with van der Waals surface area (Å²) in [6.45, 7) is 0. The van der Waals surface area contributed by atoms with Crippen molar-refractivity contribution < 1.29 is 9.90 Å². The number of carboxylic acids is 1. The fourth-order valence-corrected chi connectivity index (χ4v) is 8.75. The second-order valence-electron chi connectivity index (χ2n) is 9.79. The summed E-state index contributed by atoms with van der Waals surface area (Å²) in [7, 11) is 0. The van der Waals surface area contributed by atoms with Crippen LogP contribution >= 0.6 is 23.1 Å². The number of nitrogens with zero attached hydrogens (tertiary/aromatic N) is 1. The molecule has 6 heteroatoms. The van der Waals surface area contributed by atoms with E-state index in [2.05, 4.69) is 47.8 Å². The second kappa shape index (κ2) is 7.33. The molecule has 2 fully saturated rings. The molecule has 2 aromatic heterocycles. The average Bonchev–Trinajstić information content (AvgIpc) is 3.43. The number of aromatic nitrogens is 1. The topological polar surface area (TPSA) is 59.3 Å². The van der Waals surface area contributed by atoms with Crippen LogP contribution in [-0.4, -0.2) is 20.9 Å². The molecule has 2 aliphatic carbocycles. The molecule has 3 atom stereocenters. The molecule has 1 aliphatic heterocycles. The summed E-state index contributed by atoms with van der Waals surface area (Å²) in [5.41, 5.74) is 3.39. The van der Waals surface area contributed by atoms with Crippen LogP contribution in [0.15, 0.2) is 75.2 Å². The van der Waals surface area contributed by atoms with Gasteiger partial charge in [0.2, 0.25) is 0 Å². The zero-order valence-corrected chi connectivity index (χ0v) is 20.1. The van der Waals surface area contributed by atoms with Crippen molar-refractivity contribution >= 4 is 39.8 Å². The Morgan fingerprint density at radius 2 is 1.91 bits per heavy atom. The first-order chi connectivity index (χ1) is 16.6. The van der Waals surface area contributed by atoms with Crippen molar-refractivity contribution in [1.29, 1.82) is 0 Å². The first kappa shape index (κ1) is 20.5. The van der Waals surface area contributed by atoms with E-state index in [4.69, 9.17) is 0 Å². The quantitative estimate of drug-likeness (QED) is 0.378. The molecule has 0 amide bonds.